The fourth-order valence-electron chi connectivity index (χ4n) is 2.83. The Kier molecular flexibility index (Phi) is 4.62. The maximum Gasteiger partial charge on any atom is 0.155 e. The van der Waals surface area contributed by atoms with E-state index in [9.17, 15) is 8.42 Å². The zero-order valence-corrected chi connectivity index (χ0v) is 14.3. The second kappa shape index (κ2) is 6.51. The summed E-state index contributed by atoms with van der Waals surface area (Å²) in [7, 11) is -3.23. The Morgan fingerprint density at radius 1 is 1.17 bits per heavy atom. The van der Waals surface area contributed by atoms with Crippen molar-refractivity contribution < 1.29 is 13.2 Å². The van der Waals surface area contributed by atoms with Crippen molar-refractivity contribution in [1.29, 1.82) is 0 Å². The first-order valence-corrected chi connectivity index (χ1v) is 9.74. The number of sulfone groups is 1. The number of hydrogen-bond donors (Lipinski definition) is 1. The molecule has 1 aliphatic rings. The second-order valence-electron chi connectivity index (χ2n) is 5.63. The van der Waals surface area contributed by atoms with Gasteiger partial charge in [-0.1, -0.05) is 35.9 Å². The van der Waals surface area contributed by atoms with Crippen molar-refractivity contribution in [2.24, 2.45) is 0 Å². The number of hydrogen-bond acceptors (Lipinski definition) is 4. The molecule has 0 radical (unpaired) electrons. The van der Waals surface area contributed by atoms with Gasteiger partial charge in [0.25, 0.3) is 0 Å². The second-order valence-corrected chi connectivity index (χ2v) is 8.27. The van der Waals surface area contributed by atoms with Gasteiger partial charge >= 0.3 is 0 Å². The average Bonchev–Trinajstić information content (AvgIpc) is 2.73. The third-order valence-electron chi connectivity index (χ3n) is 3.96. The number of fused-ring (bicyclic) bond motifs is 1. The van der Waals surface area contributed by atoms with Crippen LogP contribution in [0.15, 0.2) is 42.5 Å². The van der Waals surface area contributed by atoms with Gasteiger partial charge < -0.3 is 10.1 Å². The first-order valence-electron chi connectivity index (χ1n) is 7.40. The quantitative estimate of drug-likeness (QED) is 0.921. The highest BCUT2D eigenvalue weighted by molar-refractivity contribution is 7.91. The molecule has 122 valence electrons. The molecule has 1 unspecified atom stereocenters. The molecule has 3 rings (SSSR count). The monoisotopic (exact) mass is 351 g/mol. The molecule has 1 N–H and O–H groups in total. The molecule has 0 bridgehead atoms. The third kappa shape index (κ3) is 3.52. The summed E-state index contributed by atoms with van der Waals surface area (Å²) in [6.45, 7) is 1.09. The molecule has 4 nitrogen and oxygen atoms in total. The Morgan fingerprint density at radius 3 is 2.61 bits per heavy atom. The fourth-order valence-corrected chi connectivity index (χ4v) is 4.15. The maximum atomic E-state index is 12.1. The topological polar surface area (TPSA) is 55.4 Å². The lowest BCUT2D eigenvalue weighted by Gasteiger charge is -2.19. The van der Waals surface area contributed by atoms with Crippen molar-refractivity contribution in [1.82, 2.24) is 5.32 Å². The molecule has 23 heavy (non-hydrogen) atoms. The highest BCUT2D eigenvalue weighted by atomic mass is 35.5. The molecule has 0 aromatic heterocycles. The van der Waals surface area contributed by atoms with E-state index in [-0.39, 0.29) is 0 Å². The van der Waals surface area contributed by atoms with Gasteiger partial charge in [0.05, 0.1) is 10.3 Å². The van der Waals surface area contributed by atoms with Gasteiger partial charge in [-0.25, -0.2) is 8.42 Å². The molecule has 1 atom stereocenters. The van der Waals surface area contributed by atoms with Gasteiger partial charge in [-0.3, -0.25) is 0 Å². The van der Waals surface area contributed by atoms with Crippen LogP contribution in [0.3, 0.4) is 0 Å². The van der Waals surface area contributed by atoms with Crippen LogP contribution in [0.2, 0.25) is 5.02 Å². The zero-order valence-electron chi connectivity index (χ0n) is 12.8. The number of benzene rings is 2. The first kappa shape index (κ1) is 16.3. The first-order chi connectivity index (χ1) is 11.0. The van der Waals surface area contributed by atoms with E-state index in [0.717, 1.165) is 11.1 Å². The van der Waals surface area contributed by atoms with Crippen LogP contribution in [0.5, 0.6) is 11.5 Å². The van der Waals surface area contributed by atoms with E-state index in [1.54, 1.807) is 12.1 Å². The average molecular weight is 352 g/mol. The van der Waals surface area contributed by atoms with E-state index >= 15 is 0 Å². The van der Waals surface area contributed by atoms with Gasteiger partial charge in [-0.2, -0.15) is 0 Å². The molecular weight excluding hydrogens is 334 g/mol. The van der Waals surface area contributed by atoms with Gasteiger partial charge in [-0.15, -0.1) is 0 Å². The molecule has 0 fully saturated rings. The van der Waals surface area contributed by atoms with Gasteiger partial charge in [0.2, 0.25) is 0 Å². The van der Waals surface area contributed by atoms with Crippen molar-refractivity contribution >= 4 is 21.4 Å². The smallest absolute Gasteiger partial charge is 0.155 e. The van der Waals surface area contributed by atoms with Crippen LogP contribution < -0.4 is 10.1 Å². The molecule has 2 aromatic carbocycles. The largest absolute Gasteiger partial charge is 0.456 e. The molecule has 2 aromatic rings. The fraction of sp³-hybridized carbons (Fsp3) is 0.294. The SMILES string of the molecule is CS(=O)(=O)C1CNCCc2c1ccc(Cl)c2Oc1ccccc1. The molecule has 0 amide bonds. The Balaban J connectivity index is 2.11. The van der Waals surface area contributed by atoms with Crippen molar-refractivity contribution in [3.8, 4) is 11.5 Å². The number of nitrogens with one attached hydrogen (secondary N) is 1. The van der Waals surface area contributed by atoms with Crippen LogP contribution in [0.4, 0.5) is 0 Å². The van der Waals surface area contributed by atoms with Gasteiger partial charge in [0.1, 0.15) is 11.5 Å². The molecule has 6 heteroatoms. The Morgan fingerprint density at radius 2 is 1.91 bits per heavy atom. The van der Waals surface area contributed by atoms with E-state index < -0.39 is 15.1 Å². The Hall–Kier alpha value is -1.56. The standard InChI is InChI=1S/C17H18ClNO3S/c1-23(20,21)16-11-19-10-9-14-13(16)7-8-15(18)17(14)22-12-5-3-2-4-6-12/h2-8,16,19H,9-11H2,1H3. The Labute approximate surface area is 141 Å². The van der Waals surface area contributed by atoms with Crippen LogP contribution >= 0.6 is 11.6 Å². The molecule has 1 aliphatic heterocycles. The maximum absolute atomic E-state index is 12.1. The minimum absolute atomic E-state index is 0.401. The highest BCUT2D eigenvalue weighted by Crippen LogP contribution is 2.39. The van der Waals surface area contributed by atoms with E-state index in [2.05, 4.69) is 5.32 Å². The summed E-state index contributed by atoms with van der Waals surface area (Å²) in [5, 5.41) is 3.08. The number of halogens is 1. The molecule has 0 saturated heterocycles. The summed E-state index contributed by atoms with van der Waals surface area (Å²) < 4.78 is 30.3. The van der Waals surface area contributed by atoms with E-state index in [1.807, 2.05) is 30.3 Å². The summed E-state index contributed by atoms with van der Waals surface area (Å²) in [5.41, 5.74) is 1.63. The van der Waals surface area contributed by atoms with Crippen LogP contribution in [0, 0.1) is 0 Å². The summed E-state index contributed by atoms with van der Waals surface area (Å²) in [6.07, 6.45) is 1.94. The van der Waals surface area contributed by atoms with E-state index in [0.29, 0.717) is 36.0 Å². The van der Waals surface area contributed by atoms with Gasteiger partial charge in [0.15, 0.2) is 9.84 Å². The predicted octanol–water partition coefficient (Wildman–Crippen LogP) is 3.36. The molecule has 0 aliphatic carbocycles. The van der Waals surface area contributed by atoms with Crippen LogP contribution in [-0.2, 0) is 16.3 Å². The van der Waals surface area contributed by atoms with Crippen molar-refractivity contribution in [2.75, 3.05) is 19.3 Å². The molecule has 1 heterocycles. The molecular formula is C17H18ClNO3S. The summed E-state index contributed by atoms with van der Waals surface area (Å²) in [6, 6.07) is 12.9. The predicted molar refractivity (Wildman–Crippen MR) is 92.1 cm³/mol. The lowest BCUT2D eigenvalue weighted by Crippen LogP contribution is -2.25. The third-order valence-corrected chi connectivity index (χ3v) is 5.71. The lowest BCUT2D eigenvalue weighted by molar-refractivity contribution is 0.475. The van der Waals surface area contributed by atoms with Gasteiger partial charge in [-0.05, 0) is 36.7 Å². The molecule has 0 saturated carbocycles. The van der Waals surface area contributed by atoms with Crippen LogP contribution in [-0.4, -0.2) is 27.8 Å². The van der Waals surface area contributed by atoms with E-state index in [4.69, 9.17) is 16.3 Å². The van der Waals surface area contributed by atoms with Crippen molar-refractivity contribution in [3.63, 3.8) is 0 Å². The zero-order chi connectivity index (χ0) is 16.4. The lowest BCUT2D eigenvalue weighted by atomic mass is 10.0. The van der Waals surface area contributed by atoms with Crippen LogP contribution in [0.25, 0.3) is 0 Å². The minimum Gasteiger partial charge on any atom is -0.456 e. The van der Waals surface area contributed by atoms with Crippen LogP contribution in [0.1, 0.15) is 16.4 Å². The minimum atomic E-state index is -3.23. The Bertz CT molecular complexity index is 806. The van der Waals surface area contributed by atoms with Gasteiger partial charge in [0, 0.05) is 18.4 Å². The summed E-state index contributed by atoms with van der Waals surface area (Å²) in [5.74, 6) is 1.23. The molecule has 0 spiro atoms. The highest BCUT2D eigenvalue weighted by Gasteiger charge is 2.29. The normalized spacial score (nSPS) is 18.1. The number of ether oxygens (including phenoxy) is 1. The van der Waals surface area contributed by atoms with Crippen molar-refractivity contribution in [2.45, 2.75) is 11.7 Å². The van der Waals surface area contributed by atoms with E-state index in [1.165, 1.54) is 6.26 Å². The number of rotatable bonds is 3. The summed E-state index contributed by atoms with van der Waals surface area (Å²) in [4.78, 5) is 0. The number of para-hydroxylation sites is 1. The van der Waals surface area contributed by atoms with Crippen molar-refractivity contribution in [3.05, 3.63) is 58.6 Å². The summed E-state index contributed by atoms with van der Waals surface area (Å²) >= 11 is 6.33.